The predicted molar refractivity (Wildman–Crippen MR) is 101 cm³/mol. The number of halogens is 4. The number of aryl methyl sites for hydroxylation is 1. The number of hydrogen-bond donors (Lipinski definition) is 4. The van der Waals surface area contributed by atoms with Gasteiger partial charge in [0, 0.05) is 31.1 Å². The number of anilines is 2. The summed E-state index contributed by atoms with van der Waals surface area (Å²) in [6.45, 7) is 2.56. The molecular formula is C17H19F4N5O2S. The normalized spacial score (nSPS) is 20.9. The van der Waals surface area contributed by atoms with Crippen LogP contribution in [0.1, 0.15) is 17.5 Å². The molecule has 2 aromatic rings. The summed E-state index contributed by atoms with van der Waals surface area (Å²) in [4.78, 5) is 0. The molecule has 0 bridgehead atoms. The highest BCUT2D eigenvalue weighted by Crippen LogP contribution is 2.36. The molecule has 4 N–H and O–H groups in total. The van der Waals surface area contributed by atoms with Gasteiger partial charge in [-0.25, -0.2) is 8.60 Å². The number of aromatic nitrogens is 2. The fourth-order valence-electron chi connectivity index (χ4n) is 3.14. The molecule has 1 aliphatic heterocycles. The zero-order chi connectivity index (χ0) is 21.2. The zero-order valence-electron chi connectivity index (χ0n) is 15.3. The molecule has 1 saturated heterocycles. The Morgan fingerprint density at radius 1 is 1.24 bits per heavy atom. The quantitative estimate of drug-likeness (QED) is 0.427. The van der Waals surface area contributed by atoms with Crippen LogP contribution in [0.25, 0.3) is 11.3 Å². The van der Waals surface area contributed by atoms with E-state index in [1.54, 1.807) is 13.0 Å². The van der Waals surface area contributed by atoms with Gasteiger partial charge in [0.15, 0.2) is 0 Å². The number of piperidine rings is 1. The summed E-state index contributed by atoms with van der Waals surface area (Å²) in [6, 6.07) is 4.25. The molecule has 0 aliphatic carbocycles. The standard InChI is InChI=1S/C17H19F4N5O2S/c1-9-4-15(23-12-6-11(18)7-22-8-12)24-25-16(9)13-3-2-10(17(19,20)21)5-14(13)26-29(27)28/h2-5,11-12,22,26H,6-8H2,1H3,(H,23,24)(H,27,28). The molecule has 12 heteroatoms. The molecule has 0 amide bonds. The Hall–Kier alpha value is -2.31. The first-order valence-electron chi connectivity index (χ1n) is 8.68. The molecule has 2 heterocycles. The summed E-state index contributed by atoms with van der Waals surface area (Å²) in [5, 5.41) is 14.1. The van der Waals surface area contributed by atoms with Gasteiger partial charge in [0.05, 0.1) is 16.9 Å². The molecule has 3 unspecified atom stereocenters. The maximum atomic E-state index is 13.5. The molecule has 3 rings (SSSR count). The van der Waals surface area contributed by atoms with Crippen molar-refractivity contribution in [3.63, 3.8) is 0 Å². The highest BCUT2D eigenvalue weighted by Gasteiger charge is 2.31. The maximum absolute atomic E-state index is 13.5. The highest BCUT2D eigenvalue weighted by molar-refractivity contribution is 7.80. The van der Waals surface area contributed by atoms with Crippen LogP contribution in [0.3, 0.4) is 0 Å². The van der Waals surface area contributed by atoms with Crippen LogP contribution < -0.4 is 15.4 Å². The SMILES string of the molecule is Cc1cc(NC2CNCC(F)C2)nnc1-c1ccc(C(F)(F)F)cc1NS(=O)O. The monoisotopic (exact) mass is 433 g/mol. The number of hydrogen-bond acceptors (Lipinski definition) is 5. The van der Waals surface area contributed by atoms with Crippen molar-refractivity contribution in [1.29, 1.82) is 0 Å². The average molecular weight is 433 g/mol. The van der Waals surface area contributed by atoms with Crippen molar-refractivity contribution < 1.29 is 26.3 Å². The van der Waals surface area contributed by atoms with Gasteiger partial charge in [-0.3, -0.25) is 9.27 Å². The minimum atomic E-state index is -4.61. The van der Waals surface area contributed by atoms with E-state index in [1.165, 1.54) is 6.07 Å². The lowest BCUT2D eigenvalue weighted by Gasteiger charge is -2.26. The molecule has 0 saturated carbocycles. The van der Waals surface area contributed by atoms with E-state index in [9.17, 15) is 21.8 Å². The van der Waals surface area contributed by atoms with Gasteiger partial charge in [-0.1, -0.05) is 6.07 Å². The smallest absolute Gasteiger partial charge is 0.364 e. The molecule has 0 radical (unpaired) electrons. The van der Waals surface area contributed by atoms with Gasteiger partial charge in [0.1, 0.15) is 12.0 Å². The number of alkyl halides is 4. The lowest BCUT2D eigenvalue weighted by molar-refractivity contribution is -0.137. The number of nitrogens with zero attached hydrogens (tertiary/aromatic N) is 2. The number of rotatable bonds is 5. The maximum Gasteiger partial charge on any atom is 0.416 e. The van der Waals surface area contributed by atoms with Crippen molar-refractivity contribution in [2.75, 3.05) is 23.1 Å². The van der Waals surface area contributed by atoms with Crippen LogP contribution in [0.5, 0.6) is 0 Å². The van der Waals surface area contributed by atoms with E-state index in [-0.39, 0.29) is 23.0 Å². The molecule has 0 spiro atoms. The topological polar surface area (TPSA) is 99.2 Å². The summed E-state index contributed by atoms with van der Waals surface area (Å²) in [5.41, 5.74) is -0.142. The molecule has 1 fully saturated rings. The third-order valence-corrected chi connectivity index (χ3v) is 4.83. The fourth-order valence-corrected chi connectivity index (χ4v) is 3.49. The summed E-state index contributed by atoms with van der Waals surface area (Å²) in [7, 11) is 0. The van der Waals surface area contributed by atoms with Crippen molar-refractivity contribution in [3.05, 3.63) is 35.4 Å². The predicted octanol–water partition coefficient (Wildman–Crippen LogP) is 3.13. The van der Waals surface area contributed by atoms with Gasteiger partial charge in [0.2, 0.25) is 0 Å². The summed E-state index contributed by atoms with van der Waals surface area (Å²) < 4.78 is 74.8. The van der Waals surface area contributed by atoms with Crippen LogP contribution >= 0.6 is 0 Å². The van der Waals surface area contributed by atoms with Gasteiger partial charge < -0.3 is 10.6 Å². The Balaban J connectivity index is 1.90. The van der Waals surface area contributed by atoms with Crippen LogP contribution in [0.4, 0.5) is 29.1 Å². The van der Waals surface area contributed by atoms with Crippen molar-refractivity contribution in [3.8, 4) is 11.3 Å². The third-order valence-electron chi connectivity index (χ3n) is 4.43. The highest BCUT2D eigenvalue weighted by atomic mass is 32.2. The average Bonchev–Trinajstić information content (AvgIpc) is 2.61. The van der Waals surface area contributed by atoms with Crippen LogP contribution in [-0.4, -0.2) is 44.3 Å². The van der Waals surface area contributed by atoms with E-state index < -0.39 is 29.2 Å². The Kier molecular flexibility index (Phi) is 6.34. The van der Waals surface area contributed by atoms with Crippen molar-refractivity contribution in [1.82, 2.24) is 15.5 Å². The third kappa shape index (κ3) is 5.40. The minimum Gasteiger partial charge on any atom is -0.364 e. The van der Waals surface area contributed by atoms with Crippen molar-refractivity contribution in [2.45, 2.75) is 31.7 Å². The first kappa shape index (κ1) is 21.4. The first-order valence-corrected chi connectivity index (χ1v) is 9.79. The van der Waals surface area contributed by atoms with Crippen LogP contribution in [0, 0.1) is 6.92 Å². The number of nitrogens with one attached hydrogen (secondary N) is 3. The summed E-state index contributed by atoms with van der Waals surface area (Å²) >= 11 is -2.58. The Morgan fingerprint density at radius 3 is 2.62 bits per heavy atom. The Labute approximate surface area is 166 Å². The van der Waals surface area contributed by atoms with E-state index in [0.29, 0.717) is 30.9 Å². The van der Waals surface area contributed by atoms with Gasteiger partial charge in [-0.15, -0.1) is 10.2 Å². The molecular weight excluding hydrogens is 414 g/mol. The van der Waals surface area contributed by atoms with Crippen molar-refractivity contribution >= 4 is 22.8 Å². The largest absolute Gasteiger partial charge is 0.416 e. The van der Waals surface area contributed by atoms with Gasteiger partial charge in [0.25, 0.3) is 11.3 Å². The lowest BCUT2D eigenvalue weighted by Crippen LogP contribution is -2.44. The van der Waals surface area contributed by atoms with E-state index in [1.807, 2.05) is 0 Å². The van der Waals surface area contributed by atoms with Gasteiger partial charge >= 0.3 is 6.18 Å². The van der Waals surface area contributed by atoms with Crippen LogP contribution in [-0.2, 0) is 17.4 Å². The molecule has 1 aliphatic rings. The van der Waals surface area contributed by atoms with Crippen molar-refractivity contribution in [2.24, 2.45) is 0 Å². The second kappa shape index (κ2) is 8.59. The Bertz CT molecular complexity index is 912. The fraction of sp³-hybridized carbons (Fsp3) is 0.412. The van der Waals surface area contributed by atoms with Crippen LogP contribution in [0.15, 0.2) is 24.3 Å². The zero-order valence-corrected chi connectivity index (χ0v) is 16.1. The molecule has 158 valence electrons. The summed E-state index contributed by atoms with van der Waals surface area (Å²) in [5.74, 6) is 0.402. The molecule has 1 aromatic heterocycles. The van der Waals surface area contributed by atoms with E-state index in [0.717, 1.165) is 12.1 Å². The second-order valence-corrected chi connectivity index (χ2v) is 7.41. The van der Waals surface area contributed by atoms with Gasteiger partial charge in [-0.05, 0) is 30.7 Å². The Morgan fingerprint density at radius 2 is 2.00 bits per heavy atom. The lowest BCUT2D eigenvalue weighted by atomic mass is 10.0. The summed E-state index contributed by atoms with van der Waals surface area (Å²) in [6.07, 6.45) is -5.25. The van der Waals surface area contributed by atoms with Gasteiger partial charge in [-0.2, -0.15) is 13.2 Å². The minimum absolute atomic E-state index is 0.168. The number of benzene rings is 1. The van der Waals surface area contributed by atoms with Crippen LogP contribution in [0.2, 0.25) is 0 Å². The molecule has 1 aromatic carbocycles. The molecule has 29 heavy (non-hydrogen) atoms. The van der Waals surface area contributed by atoms with E-state index in [4.69, 9.17) is 4.55 Å². The molecule has 7 nitrogen and oxygen atoms in total. The first-order chi connectivity index (χ1) is 13.6. The molecule has 3 atom stereocenters. The second-order valence-electron chi connectivity index (χ2n) is 6.70. The van der Waals surface area contributed by atoms with E-state index in [2.05, 4.69) is 25.6 Å². The van der Waals surface area contributed by atoms with E-state index >= 15 is 0 Å².